The first-order valence-corrected chi connectivity index (χ1v) is 21.6. The van der Waals surface area contributed by atoms with E-state index in [2.05, 4.69) is 169 Å². The van der Waals surface area contributed by atoms with Crippen LogP contribution in [0.1, 0.15) is 56.9 Å². The maximum atomic E-state index is 6.46. The number of fused-ring (bicyclic) bond motifs is 3. The molecular weight excluding hydrogens is 829 g/mol. The molecule has 3 aromatic heterocycles. The van der Waals surface area contributed by atoms with E-state index in [9.17, 15) is 0 Å². The maximum absolute atomic E-state index is 6.46. The Morgan fingerprint density at radius 2 is 1.48 bits per heavy atom. The van der Waals surface area contributed by atoms with Crippen LogP contribution in [0.15, 0.2) is 108 Å². The average molecular weight is 879 g/mol. The normalized spacial score (nSPS) is 11.8. The Bertz CT molecular complexity index is 2290. The van der Waals surface area contributed by atoms with Crippen molar-refractivity contribution in [1.82, 2.24) is 9.97 Å². The van der Waals surface area contributed by atoms with Crippen LogP contribution in [0.5, 0.6) is 0 Å². The van der Waals surface area contributed by atoms with E-state index in [1.165, 1.54) is 33.0 Å². The molecule has 0 bridgehead atoms. The third-order valence-corrected chi connectivity index (χ3v) is 11.5. The van der Waals surface area contributed by atoms with Gasteiger partial charge in [0.1, 0.15) is 5.58 Å². The Morgan fingerprint density at radius 1 is 0.769 bits per heavy atom. The minimum absolute atomic E-state index is 0. The van der Waals surface area contributed by atoms with E-state index < -0.39 is 8.07 Å². The molecule has 0 saturated heterocycles. The summed E-state index contributed by atoms with van der Waals surface area (Å²) in [6, 6.07) is 38.7. The van der Waals surface area contributed by atoms with E-state index in [-0.39, 0.29) is 25.5 Å². The summed E-state index contributed by atoms with van der Waals surface area (Å²) in [5.41, 5.74) is 13.5. The first kappa shape index (κ1) is 39.1. The first-order chi connectivity index (χ1) is 24.2. The quantitative estimate of drug-likeness (QED) is 0.123. The Labute approximate surface area is 325 Å². The second kappa shape index (κ2) is 15.8. The summed E-state index contributed by atoms with van der Waals surface area (Å²) in [6.45, 7) is 22.5. The van der Waals surface area contributed by atoms with Crippen molar-refractivity contribution in [3.63, 3.8) is 0 Å². The molecule has 1 radical (unpaired) electrons. The second-order valence-corrected chi connectivity index (χ2v) is 21.3. The summed E-state index contributed by atoms with van der Waals surface area (Å²) < 4.78 is 6.46. The predicted octanol–water partition coefficient (Wildman–Crippen LogP) is 12.3. The zero-order valence-corrected chi connectivity index (χ0v) is 35.6. The van der Waals surface area contributed by atoms with Crippen molar-refractivity contribution in [3.8, 4) is 33.6 Å². The Balaban J connectivity index is 0.000000217. The van der Waals surface area contributed by atoms with Crippen LogP contribution in [0.2, 0.25) is 19.6 Å². The fraction of sp³-hybridized carbons (Fsp3) is 0.277. The molecule has 0 amide bonds. The third kappa shape index (κ3) is 8.72. The van der Waals surface area contributed by atoms with Crippen molar-refractivity contribution in [2.75, 3.05) is 0 Å². The van der Waals surface area contributed by atoms with Gasteiger partial charge in [-0.2, -0.15) is 0 Å². The smallest absolute Gasteiger partial charge is 0.131 e. The Morgan fingerprint density at radius 3 is 2.13 bits per heavy atom. The zero-order valence-electron chi connectivity index (χ0n) is 32.2. The van der Waals surface area contributed by atoms with Crippen LogP contribution < -0.4 is 5.19 Å². The van der Waals surface area contributed by atoms with Gasteiger partial charge in [-0.25, -0.2) is 0 Å². The van der Waals surface area contributed by atoms with Gasteiger partial charge in [-0.3, -0.25) is 0 Å². The average Bonchev–Trinajstić information content (AvgIpc) is 3.46. The SMILES string of the molecule is CC(C)(C)c1cc[c-]c(-c2ccc([Si](C)(C)C)cn2)c1.Cc1cccc(C)c1-c1cccc2c1oc1cc(-c3cc(CC(C)C)ccn3)[c-]cc12.[Ir]. The fourth-order valence-corrected chi connectivity index (χ4v) is 7.65. The summed E-state index contributed by atoms with van der Waals surface area (Å²) in [4.78, 5) is 9.24. The molecule has 3 heterocycles. The van der Waals surface area contributed by atoms with Gasteiger partial charge in [0.05, 0.1) is 13.7 Å². The molecule has 0 aliphatic heterocycles. The van der Waals surface area contributed by atoms with Gasteiger partial charge in [-0.1, -0.05) is 126 Å². The first-order valence-electron chi connectivity index (χ1n) is 18.1. The van der Waals surface area contributed by atoms with E-state index in [0.29, 0.717) is 5.92 Å². The van der Waals surface area contributed by atoms with E-state index in [4.69, 9.17) is 4.42 Å². The molecule has 52 heavy (non-hydrogen) atoms. The molecule has 7 aromatic rings. The van der Waals surface area contributed by atoms with E-state index >= 15 is 0 Å². The molecule has 4 aromatic carbocycles. The molecule has 0 saturated carbocycles. The standard InChI is InChI=1S/C29H26NO.C18H24NSi.Ir/c1-18(2)15-21-13-14-30-26(16-21)22-11-12-23-24-9-6-10-25(29(24)31-27(23)17-22)28-19(3)7-5-8-20(28)4;1-18(2,3)15-9-7-8-14(12-15)17-11-10-16(13-19-17)20(4,5)6;/h5-10,12-14,16-18H,15H2,1-4H3;7,9-13H,1-6H3;/q2*-1;. The molecule has 269 valence electrons. The van der Waals surface area contributed by atoms with Gasteiger partial charge in [0.2, 0.25) is 0 Å². The van der Waals surface area contributed by atoms with Crippen LogP contribution >= 0.6 is 0 Å². The number of rotatable bonds is 6. The molecule has 3 nitrogen and oxygen atoms in total. The number of para-hydroxylation sites is 1. The topological polar surface area (TPSA) is 38.9 Å². The molecule has 7 rings (SSSR count). The van der Waals surface area contributed by atoms with E-state index in [1.807, 2.05) is 24.5 Å². The van der Waals surface area contributed by atoms with Crippen molar-refractivity contribution in [3.05, 3.63) is 138 Å². The van der Waals surface area contributed by atoms with Gasteiger partial charge in [0.15, 0.2) is 0 Å². The fourth-order valence-electron chi connectivity index (χ4n) is 6.62. The number of benzene rings is 4. The van der Waals surface area contributed by atoms with Crippen molar-refractivity contribution in [2.24, 2.45) is 5.92 Å². The van der Waals surface area contributed by atoms with Crippen molar-refractivity contribution < 1.29 is 24.5 Å². The number of hydrogen-bond acceptors (Lipinski definition) is 3. The number of aryl methyl sites for hydroxylation is 2. The van der Waals surface area contributed by atoms with Crippen LogP contribution in [-0.2, 0) is 31.9 Å². The van der Waals surface area contributed by atoms with Crippen LogP contribution in [0.25, 0.3) is 55.6 Å². The van der Waals surface area contributed by atoms with Gasteiger partial charge < -0.3 is 14.4 Å². The van der Waals surface area contributed by atoms with Crippen molar-refractivity contribution >= 4 is 35.2 Å². The van der Waals surface area contributed by atoms with Gasteiger partial charge in [-0.15, -0.1) is 53.1 Å². The van der Waals surface area contributed by atoms with Crippen LogP contribution in [0, 0.1) is 31.9 Å². The minimum atomic E-state index is -1.27. The van der Waals surface area contributed by atoms with Crippen molar-refractivity contribution in [2.45, 2.75) is 79.9 Å². The number of hydrogen-bond donors (Lipinski definition) is 0. The molecule has 0 spiro atoms. The monoisotopic (exact) mass is 879 g/mol. The maximum Gasteiger partial charge on any atom is 0.131 e. The molecule has 0 atom stereocenters. The summed E-state index contributed by atoms with van der Waals surface area (Å²) in [6.07, 6.45) is 4.98. The Kier molecular flexibility index (Phi) is 11.9. The number of aromatic nitrogens is 2. The number of pyridine rings is 2. The van der Waals surface area contributed by atoms with Crippen molar-refractivity contribution in [1.29, 1.82) is 0 Å². The van der Waals surface area contributed by atoms with Gasteiger partial charge >= 0.3 is 0 Å². The summed E-state index contributed by atoms with van der Waals surface area (Å²) in [5.74, 6) is 0.611. The molecule has 5 heteroatoms. The zero-order chi connectivity index (χ0) is 36.5. The minimum Gasteiger partial charge on any atom is -0.476 e. The summed E-state index contributed by atoms with van der Waals surface area (Å²) in [5, 5.41) is 3.61. The largest absolute Gasteiger partial charge is 0.476 e. The van der Waals surface area contributed by atoms with Gasteiger partial charge in [0, 0.05) is 38.1 Å². The van der Waals surface area contributed by atoms with Crippen LogP contribution in [0.3, 0.4) is 0 Å². The number of furan rings is 1. The molecular formula is C47H50IrN2OSi-2. The summed E-state index contributed by atoms with van der Waals surface area (Å²) >= 11 is 0. The summed E-state index contributed by atoms with van der Waals surface area (Å²) in [7, 11) is -1.27. The van der Waals surface area contributed by atoms with Crippen LogP contribution in [-0.4, -0.2) is 18.0 Å². The molecule has 0 fully saturated rings. The van der Waals surface area contributed by atoms with E-state index in [0.717, 1.165) is 56.4 Å². The van der Waals surface area contributed by atoms with Gasteiger partial charge in [-0.05, 0) is 76.3 Å². The molecule has 0 aliphatic rings. The molecule has 0 unspecified atom stereocenters. The predicted molar refractivity (Wildman–Crippen MR) is 219 cm³/mol. The third-order valence-electron chi connectivity index (χ3n) is 9.50. The molecule has 0 N–H and O–H groups in total. The molecule has 0 aliphatic carbocycles. The van der Waals surface area contributed by atoms with E-state index in [1.54, 1.807) is 0 Å². The van der Waals surface area contributed by atoms with Gasteiger partial charge in [0.25, 0.3) is 0 Å². The Hall–Kier alpha value is -4.15. The van der Waals surface area contributed by atoms with Crippen LogP contribution in [0.4, 0.5) is 0 Å². The number of nitrogens with zero attached hydrogens (tertiary/aromatic N) is 2. The second-order valence-electron chi connectivity index (χ2n) is 16.2.